The topological polar surface area (TPSA) is 42.4 Å². The number of fused-ring (bicyclic) bond motifs is 1. The van der Waals surface area contributed by atoms with Crippen LogP contribution in [0.25, 0.3) is 22.2 Å². The standard InChI is InChI=1S/C24H24N2O2/c27-24(19-5-6-19)26-15-13-21(14-16-26)28-20-10-7-18(8-11-20)23-12-9-17-3-1-2-4-22(17)25-23/h1-4,7-12,19,21H,5-6,13-16H2. The minimum Gasteiger partial charge on any atom is -0.490 e. The Morgan fingerprint density at radius 2 is 1.64 bits per heavy atom. The van der Waals surface area contributed by atoms with Crippen LogP contribution in [-0.4, -0.2) is 35.0 Å². The number of rotatable bonds is 4. The summed E-state index contributed by atoms with van der Waals surface area (Å²) in [4.78, 5) is 18.9. The molecule has 0 radical (unpaired) electrons. The van der Waals surface area contributed by atoms with Crippen molar-refractivity contribution in [1.29, 1.82) is 0 Å². The molecule has 4 heteroatoms. The monoisotopic (exact) mass is 372 g/mol. The third-order valence-electron chi connectivity index (χ3n) is 5.73. The number of para-hydroxylation sites is 1. The number of hydrogen-bond donors (Lipinski definition) is 0. The van der Waals surface area contributed by atoms with Crippen LogP contribution in [0, 0.1) is 5.92 Å². The van der Waals surface area contributed by atoms with Crippen LogP contribution in [0.3, 0.4) is 0 Å². The van der Waals surface area contributed by atoms with Crippen molar-refractivity contribution in [3.8, 4) is 17.0 Å². The first kappa shape index (κ1) is 17.2. The SMILES string of the molecule is O=C(C1CC1)N1CCC(Oc2ccc(-c3ccc4ccccc4n3)cc2)CC1. The molecule has 142 valence electrons. The second kappa shape index (κ2) is 7.27. The largest absolute Gasteiger partial charge is 0.490 e. The van der Waals surface area contributed by atoms with Crippen LogP contribution < -0.4 is 4.74 Å². The summed E-state index contributed by atoms with van der Waals surface area (Å²) in [5.41, 5.74) is 3.06. The predicted molar refractivity (Wildman–Crippen MR) is 110 cm³/mol. The highest BCUT2D eigenvalue weighted by Gasteiger charge is 2.35. The zero-order valence-electron chi connectivity index (χ0n) is 15.9. The molecule has 0 atom stereocenters. The van der Waals surface area contributed by atoms with Gasteiger partial charge in [0.25, 0.3) is 0 Å². The van der Waals surface area contributed by atoms with Gasteiger partial charge in [-0.3, -0.25) is 4.79 Å². The lowest BCUT2D eigenvalue weighted by Crippen LogP contribution is -2.42. The fraction of sp³-hybridized carbons (Fsp3) is 0.333. The molecule has 28 heavy (non-hydrogen) atoms. The fourth-order valence-corrected chi connectivity index (χ4v) is 3.91. The van der Waals surface area contributed by atoms with Crippen molar-refractivity contribution in [3.63, 3.8) is 0 Å². The third kappa shape index (κ3) is 3.59. The molecule has 1 aromatic heterocycles. The highest BCUT2D eigenvalue weighted by atomic mass is 16.5. The van der Waals surface area contributed by atoms with Crippen LogP contribution in [0.4, 0.5) is 0 Å². The zero-order chi connectivity index (χ0) is 18.9. The predicted octanol–water partition coefficient (Wildman–Crippen LogP) is 4.68. The quantitative estimate of drug-likeness (QED) is 0.668. The Balaban J connectivity index is 1.22. The summed E-state index contributed by atoms with van der Waals surface area (Å²) in [5.74, 6) is 1.55. The molecule has 1 aliphatic heterocycles. The lowest BCUT2D eigenvalue weighted by Gasteiger charge is -2.32. The number of benzene rings is 2. The van der Waals surface area contributed by atoms with Crippen LogP contribution in [0.1, 0.15) is 25.7 Å². The molecular formula is C24H24N2O2. The first-order chi connectivity index (χ1) is 13.8. The van der Waals surface area contributed by atoms with Gasteiger partial charge in [0.05, 0.1) is 11.2 Å². The summed E-state index contributed by atoms with van der Waals surface area (Å²) in [6.07, 6.45) is 4.16. The maximum atomic E-state index is 12.2. The van der Waals surface area contributed by atoms with Gasteiger partial charge in [0, 0.05) is 42.8 Å². The molecule has 1 saturated heterocycles. The molecule has 1 aliphatic carbocycles. The molecular weight excluding hydrogens is 348 g/mol. The summed E-state index contributed by atoms with van der Waals surface area (Å²) >= 11 is 0. The van der Waals surface area contributed by atoms with E-state index >= 15 is 0 Å². The number of amides is 1. The van der Waals surface area contributed by atoms with Crippen molar-refractivity contribution in [1.82, 2.24) is 9.88 Å². The highest BCUT2D eigenvalue weighted by Crippen LogP contribution is 2.32. The molecule has 1 amide bonds. The Morgan fingerprint density at radius 1 is 0.893 bits per heavy atom. The maximum Gasteiger partial charge on any atom is 0.225 e. The Morgan fingerprint density at radius 3 is 2.39 bits per heavy atom. The fourth-order valence-electron chi connectivity index (χ4n) is 3.91. The molecule has 2 aliphatic rings. The number of carbonyl (C=O) groups excluding carboxylic acids is 1. The molecule has 2 heterocycles. The van der Waals surface area contributed by atoms with Crippen LogP contribution in [-0.2, 0) is 4.79 Å². The first-order valence-corrected chi connectivity index (χ1v) is 10.2. The molecule has 4 nitrogen and oxygen atoms in total. The Hall–Kier alpha value is -2.88. The van der Waals surface area contributed by atoms with E-state index < -0.39 is 0 Å². The second-order valence-electron chi connectivity index (χ2n) is 7.83. The third-order valence-corrected chi connectivity index (χ3v) is 5.73. The van der Waals surface area contributed by atoms with Crippen LogP contribution >= 0.6 is 0 Å². The van der Waals surface area contributed by atoms with E-state index in [1.807, 2.05) is 35.2 Å². The average Bonchev–Trinajstić information content (AvgIpc) is 3.59. The minimum atomic E-state index is 0.188. The summed E-state index contributed by atoms with van der Waals surface area (Å²) in [7, 11) is 0. The van der Waals surface area contributed by atoms with E-state index in [0.29, 0.717) is 11.8 Å². The van der Waals surface area contributed by atoms with Gasteiger partial charge >= 0.3 is 0 Å². The molecule has 1 saturated carbocycles. The number of likely N-dealkylation sites (tertiary alicyclic amines) is 1. The van der Waals surface area contributed by atoms with Gasteiger partial charge in [0.15, 0.2) is 0 Å². The van der Waals surface area contributed by atoms with Crippen LogP contribution in [0.2, 0.25) is 0 Å². The summed E-state index contributed by atoms with van der Waals surface area (Å²) in [5, 5.41) is 1.15. The van der Waals surface area contributed by atoms with Gasteiger partial charge in [-0.15, -0.1) is 0 Å². The second-order valence-corrected chi connectivity index (χ2v) is 7.83. The number of hydrogen-bond acceptors (Lipinski definition) is 3. The molecule has 0 unspecified atom stereocenters. The van der Waals surface area contributed by atoms with E-state index in [1.54, 1.807) is 0 Å². The van der Waals surface area contributed by atoms with E-state index in [1.165, 1.54) is 0 Å². The smallest absolute Gasteiger partial charge is 0.225 e. The highest BCUT2D eigenvalue weighted by molar-refractivity contribution is 5.82. The minimum absolute atomic E-state index is 0.188. The van der Waals surface area contributed by atoms with E-state index in [2.05, 4.69) is 30.3 Å². The number of piperidine rings is 1. The van der Waals surface area contributed by atoms with Crippen LogP contribution in [0.15, 0.2) is 60.7 Å². The van der Waals surface area contributed by atoms with Crippen molar-refractivity contribution in [2.24, 2.45) is 5.92 Å². The van der Waals surface area contributed by atoms with E-state index in [-0.39, 0.29) is 6.10 Å². The lowest BCUT2D eigenvalue weighted by atomic mass is 10.1. The van der Waals surface area contributed by atoms with Crippen molar-refractivity contribution >= 4 is 16.8 Å². The van der Waals surface area contributed by atoms with Crippen molar-refractivity contribution in [2.45, 2.75) is 31.8 Å². The summed E-state index contributed by atoms with van der Waals surface area (Å²) < 4.78 is 6.16. The van der Waals surface area contributed by atoms with Crippen LogP contribution in [0.5, 0.6) is 5.75 Å². The number of nitrogens with zero attached hydrogens (tertiary/aromatic N) is 2. The maximum absolute atomic E-state index is 12.2. The van der Waals surface area contributed by atoms with Gasteiger partial charge in [-0.1, -0.05) is 24.3 Å². The Kier molecular flexibility index (Phi) is 4.47. The zero-order valence-corrected chi connectivity index (χ0v) is 15.9. The number of aromatic nitrogens is 1. The van der Waals surface area contributed by atoms with Gasteiger partial charge in [0.1, 0.15) is 11.9 Å². The van der Waals surface area contributed by atoms with Crippen molar-refractivity contribution in [3.05, 3.63) is 60.7 Å². The first-order valence-electron chi connectivity index (χ1n) is 10.2. The van der Waals surface area contributed by atoms with Gasteiger partial charge in [-0.2, -0.15) is 0 Å². The summed E-state index contributed by atoms with van der Waals surface area (Å²) in [6.45, 7) is 1.64. The normalized spacial score (nSPS) is 17.6. The average molecular weight is 372 g/mol. The van der Waals surface area contributed by atoms with Gasteiger partial charge in [0.2, 0.25) is 5.91 Å². The van der Waals surface area contributed by atoms with Gasteiger partial charge < -0.3 is 9.64 Å². The lowest BCUT2D eigenvalue weighted by molar-refractivity contribution is -0.134. The molecule has 3 aromatic rings. The van der Waals surface area contributed by atoms with E-state index in [9.17, 15) is 4.79 Å². The van der Waals surface area contributed by atoms with Crippen molar-refractivity contribution < 1.29 is 9.53 Å². The Labute approximate surface area is 165 Å². The van der Waals surface area contributed by atoms with Crippen molar-refractivity contribution in [2.75, 3.05) is 13.1 Å². The molecule has 2 aromatic carbocycles. The molecule has 5 rings (SSSR count). The number of pyridine rings is 1. The molecule has 2 fully saturated rings. The van der Waals surface area contributed by atoms with Gasteiger partial charge in [-0.25, -0.2) is 4.98 Å². The van der Waals surface area contributed by atoms with E-state index in [0.717, 1.165) is 66.7 Å². The number of ether oxygens (including phenoxy) is 1. The number of carbonyl (C=O) groups is 1. The molecule has 0 spiro atoms. The summed E-state index contributed by atoms with van der Waals surface area (Å²) in [6, 6.07) is 20.5. The Bertz CT molecular complexity index is 987. The molecule has 0 bridgehead atoms. The van der Waals surface area contributed by atoms with Gasteiger partial charge in [-0.05, 0) is 49.2 Å². The molecule has 0 N–H and O–H groups in total. The van der Waals surface area contributed by atoms with E-state index in [4.69, 9.17) is 9.72 Å².